The smallest absolute Gasteiger partial charge is 0.320 e. The van der Waals surface area contributed by atoms with E-state index >= 15 is 0 Å². The number of rotatable bonds is 6. The van der Waals surface area contributed by atoms with Crippen molar-refractivity contribution in [1.29, 1.82) is 5.26 Å². The Balaban J connectivity index is 2.72. The molecule has 0 spiro atoms. The van der Waals surface area contributed by atoms with Crippen LogP contribution in [-0.4, -0.2) is 53.1 Å². The molecule has 0 saturated carbocycles. The fraction of sp³-hybridized carbons (Fsp3) is 0.786. The molecule has 6 nitrogen and oxygen atoms in total. The van der Waals surface area contributed by atoms with Gasteiger partial charge in [0.2, 0.25) is 0 Å². The maximum atomic E-state index is 12.3. The third-order valence-corrected chi connectivity index (χ3v) is 3.95. The summed E-state index contributed by atoms with van der Waals surface area (Å²) in [7, 11) is 0. The van der Waals surface area contributed by atoms with E-state index in [1.807, 2.05) is 19.9 Å². The number of carboxylic acid groups (broad SMARTS) is 1. The van der Waals surface area contributed by atoms with Crippen molar-refractivity contribution in [3.63, 3.8) is 0 Å². The lowest BCUT2D eigenvalue weighted by Crippen LogP contribution is -2.44. The summed E-state index contributed by atoms with van der Waals surface area (Å²) in [5, 5.41) is 18.0. The number of carbonyl (C=O) groups excluding carboxylic acids is 1. The van der Waals surface area contributed by atoms with Crippen molar-refractivity contribution >= 4 is 12.0 Å². The van der Waals surface area contributed by atoms with Crippen LogP contribution in [0.2, 0.25) is 0 Å². The first-order valence-corrected chi connectivity index (χ1v) is 7.15. The van der Waals surface area contributed by atoms with Crippen LogP contribution in [0, 0.1) is 16.7 Å². The van der Waals surface area contributed by atoms with Gasteiger partial charge in [-0.3, -0.25) is 4.79 Å². The van der Waals surface area contributed by atoms with Crippen molar-refractivity contribution in [2.75, 3.05) is 26.2 Å². The third kappa shape index (κ3) is 3.41. The van der Waals surface area contributed by atoms with Crippen LogP contribution in [-0.2, 0) is 4.79 Å². The van der Waals surface area contributed by atoms with Gasteiger partial charge >= 0.3 is 12.0 Å². The molecule has 1 unspecified atom stereocenters. The molecule has 1 heterocycles. The summed E-state index contributed by atoms with van der Waals surface area (Å²) in [5.41, 5.74) is -0.793. The third-order valence-electron chi connectivity index (χ3n) is 3.95. The van der Waals surface area contributed by atoms with E-state index in [-0.39, 0.29) is 12.6 Å². The van der Waals surface area contributed by atoms with Crippen LogP contribution < -0.4 is 0 Å². The van der Waals surface area contributed by atoms with Crippen molar-refractivity contribution in [3.05, 3.63) is 0 Å². The summed E-state index contributed by atoms with van der Waals surface area (Å²) in [4.78, 5) is 27.1. The minimum Gasteiger partial charge on any atom is -0.481 e. The fourth-order valence-electron chi connectivity index (χ4n) is 2.77. The number of amides is 2. The molecule has 0 aromatic rings. The summed E-state index contributed by atoms with van der Waals surface area (Å²) >= 11 is 0. The second kappa shape index (κ2) is 7.13. The minimum atomic E-state index is -0.810. The number of urea groups is 1. The second-order valence-corrected chi connectivity index (χ2v) is 5.28. The van der Waals surface area contributed by atoms with Gasteiger partial charge in [-0.25, -0.2) is 4.79 Å². The molecule has 0 bridgehead atoms. The SMILES string of the molecule is CCCC1(C(=O)O)CCN(C(=O)N(CC)CCC#N)C1. The van der Waals surface area contributed by atoms with Crippen molar-refractivity contribution in [1.82, 2.24) is 9.80 Å². The highest BCUT2D eigenvalue weighted by Gasteiger charge is 2.45. The van der Waals surface area contributed by atoms with E-state index in [9.17, 15) is 14.7 Å². The van der Waals surface area contributed by atoms with Crippen molar-refractivity contribution < 1.29 is 14.7 Å². The summed E-state index contributed by atoms with van der Waals surface area (Å²) in [6, 6.07) is 1.88. The van der Waals surface area contributed by atoms with E-state index in [4.69, 9.17) is 5.26 Å². The number of likely N-dealkylation sites (tertiary alicyclic amines) is 1. The van der Waals surface area contributed by atoms with Crippen molar-refractivity contribution in [2.24, 2.45) is 5.41 Å². The highest BCUT2D eigenvalue weighted by molar-refractivity contribution is 5.79. The topological polar surface area (TPSA) is 84.6 Å². The molecule has 1 aliphatic heterocycles. The molecule has 1 aliphatic rings. The molecule has 1 N–H and O–H groups in total. The number of nitrogens with zero attached hydrogens (tertiary/aromatic N) is 3. The molecule has 0 aromatic carbocycles. The Bertz CT molecular complexity index is 405. The van der Waals surface area contributed by atoms with Gasteiger partial charge in [-0.1, -0.05) is 13.3 Å². The zero-order valence-corrected chi connectivity index (χ0v) is 12.3. The number of nitriles is 1. The molecule has 0 aliphatic carbocycles. The fourth-order valence-corrected chi connectivity index (χ4v) is 2.77. The molecule has 1 rings (SSSR count). The normalized spacial score (nSPS) is 21.6. The summed E-state index contributed by atoms with van der Waals surface area (Å²) in [5.74, 6) is -0.810. The molecule has 1 atom stereocenters. The quantitative estimate of drug-likeness (QED) is 0.806. The monoisotopic (exact) mass is 281 g/mol. The number of hydrogen-bond donors (Lipinski definition) is 1. The van der Waals surface area contributed by atoms with Crippen molar-refractivity contribution in [3.8, 4) is 6.07 Å². The Morgan fingerprint density at radius 1 is 1.45 bits per heavy atom. The van der Waals surface area contributed by atoms with Gasteiger partial charge < -0.3 is 14.9 Å². The van der Waals surface area contributed by atoms with E-state index in [1.165, 1.54) is 0 Å². The Morgan fingerprint density at radius 2 is 2.15 bits per heavy atom. The van der Waals surface area contributed by atoms with Gasteiger partial charge in [-0.2, -0.15) is 5.26 Å². The standard InChI is InChI=1S/C14H23N3O3/c1-3-6-14(12(18)19)7-10-17(11-14)13(20)16(4-2)9-5-8-15/h3-7,9-11H2,1-2H3,(H,18,19). The highest BCUT2D eigenvalue weighted by Crippen LogP contribution is 2.36. The van der Waals surface area contributed by atoms with Gasteiger partial charge in [-0.05, 0) is 19.8 Å². The van der Waals surface area contributed by atoms with E-state index in [1.54, 1.807) is 9.80 Å². The lowest BCUT2D eigenvalue weighted by Gasteiger charge is -2.28. The number of carbonyl (C=O) groups is 2. The predicted octanol–water partition coefficient (Wildman–Crippen LogP) is 1.92. The largest absolute Gasteiger partial charge is 0.481 e. The van der Waals surface area contributed by atoms with Crippen LogP contribution in [0.5, 0.6) is 0 Å². The summed E-state index contributed by atoms with van der Waals surface area (Å²) < 4.78 is 0. The Kier molecular flexibility index (Phi) is 5.81. The van der Waals surface area contributed by atoms with Gasteiger partial charge in [0, 0.05) is 26.2 Å². The van der Waals surface area contributed by atoms with Gasteiger partial charge in [0.25, 0.3) is 0 Å². The molecule has 2 amide bonds. The highest BCUT2D eigenvalue weighted by atomic mass is 16.4. The first-order chi connectivity index (χ1) is 9.50. The minimum absolute atomic E-state index is 0.151. The Hall–Kier alpha value is -1.77. The van der Waals surface area contributed by atoms with Crippen LogP contribution in [0.1, 0.15) is 39.5 Å². The van der Waals surface area contributed by atoms with Crippen LogP contribution in [0.4, 0.5) is 4.79 Å². The number of aliphatic carboxylic acids is 1. The van der Waals surface area contributed by atoms with E-state index in [2.05, 4.69) is 0 Å². The average Bonchev–Trinajstić information content (AvgIpc) is 2.85. The maximum absolute atomic E-state index is 12.3. The van der Waals surface area contributed by atoms with Crippen LogP contribution in [0.25, 0.3) is 0 Å². The lowest BCUT2D eigenvalue weighted by molar-refractivity contribution is -0.148. The zero-order chi connectivity index (χ0) is 15.2. The molecule has 1 saturated heterocycles. The molecular formula is C14H23N3O3. The Labute approximate surface area is 120 Å². The molecule has 112 valence electrons. The average molecular weight is 281 g/mol. The lowest BCUT2D eigenvalue weighted by atomic mass is 9.83. The van der Waals surface area contributed by atoms with Gasteiger partial charge in [-0.15, -0.1) is 0 Å². The van der Waals surface area contributed by atoms with Gasteiger partial charge in [0.1, 0.15) is 0 Å². The number of carboxylic acids is 1. The molecule has 20 heavy (non-hydrogen) atoms. The molecule has 0 radical (unpaired) electrons. The van der Waals surface area contributed by atoms with Crippen molar-refractivity contribution in [2.45, 2.75) is 39.5 Å². The maximum Gasteiger partial charge on any atom is 0.320 e. The summed E-state index contributed by atoms with van der Waals surface area (Å²) in [6.45, 7) is 5.51. The first-order valence-electron chi connectivity index (χ1n) is 7.15. The molecular weight excluding hydrogens is 258 g/mol. The van der Waals surface area contributed by atoms with Crippen LogP contribution in [0.15, 0.2) is 0 Å². The zero-order valence-electron chi connectivity index (χ0n) is 12.3. The molecule has 1 fully saturated rings. The second-order valence-electron chi connectivity index (χ2n) is 5.28. The number of hydrogen-bond acceptors (Lipinski definition) is 3. The molecule has 6 heteroatoms. The summed E-state index contributed by atoms with van der Waals surface area (Å²) in [6.07, 6.45) is 2.20. The molecule has 0 aromatic heterocycles. The van der Waals surface area contributed by atoms with Gasteiger partial charge in [0.05, 0.1) is 17.9 Å². The predicted molar refractivity (Wildman–Crippen MR) is 74.0 cm³/mol. The van der Waals surface area contributed by atoms with E-state index < -0.39 is 11.4 Å². The van der Waals surface area contributed by atoms with Gasteiger partial charge in [0.15, 0.2) is 0 Å². The van der Waals surface area contributed by atoms with E-state index in [0.717, 1.165) is 6.42 Å². The van der Waals surface area contributed by atoms with Crippen LogP contribution >= 0.6 is 0 Å². The van der Waals surface area contributed by atoms with Crippen LogP contribution in [0.3, 0.4) is 0 Å². The Morgan fingerprint density at radius 3 is 2.65 bits per heavy atom. The first kappa shape index (κ1) is 16.3. The van der Waals surface area contributed by atoms with E-state index in [0.29, 0.717) is 38.9 Å².